The fourth-order valence-corrected chi connectivity index (χ4v) is 1.93. The zero-order chi connectivity index (χ0) is 12.2. The van der Waals surface area contributed by atoms with E-state index >= 15 is 0 Å². The van der Waals surface area contributed by atoms with Crippen molar-refractivity contribution in [3.8, 4) is 5.88 Å². The van der Waals surface area contributed by atoms with E-state index in [1.807, 2.05) is 10.9 Å². The second-order valence-corrected chi connectivity index (χ2v) is 4.17. The summed E-state index contributed by atoms with van der Waals surface area (Å²) in [6, 6.07) is 0.405. The van der Waals surface area contributed by atoms with Gasteiger partial charge in [-0.3, -0.25) is 4.98 Å². The molecule has 0 radical (unpaired) electrons. The third-order valence-electron chi connectivity index (χ3n) is 2.87. The van der Waals surface area contributed by atoms with Crippen LogP contribution in [0.15, 0.2) is 24.8 Å². The smallest absolute Gasteiger partial charge is 0.232 e. The van der Waals surface area contributed by atoms with E-state index in [0.717, 1.165) is 25.2 Å². The molecule has 1 aliphatic rings. The Kier molecular flexibility index (Phi) is 3.14. The summed E-state index contributed by atoms with van der Waals surface area (Å²) in [4.78, 5) is 7.96. The zero-order valence-corrected chi connectivity index (χ0v) is 9.86. The van der Waals surface area contributed by atoms with Gasteiger partial charge in [0.2, 0.25) is 5.88 Å². The lowest BCUT2D eigenvalue weighted by molar-refractivity contribution is 0.287. The molecule has 0 bridgehead atoms. The summed E-state index contributed by atoms with van der Waals surface area (Å²) in [7, 11) is 0. The van der Waals surface area contributed by atoms with Gasteiger partial charge in [0.15, 0.2) is 0 Å². The van der Waals surface area contributed by atoms with Crippen LogP contribution in [0.1, 0.15) is 18.2 Å². The number of nitrogens with one attached hydrogen (secondary N) is 1. The van der Waals surface area contributed by atoms with Crippen molar-refractivity contribution in [2.45, 2.75) is 19.1 Å². The number of aromatic nitrogens is 5. The largest absolute Gasteiger partial charge is 0.470 e. The van der Waals surface area contributed by atoms with Crippen molar-refractivity contribution in [2.24, 2.45) is 0 Å². The van der Waals surface area contributed by atoms with Gasteiger partial charge in [-0.15, -0.1) is 5.10 Å². The highest BCUT2D eigenvalue weighted by molar-refractivity contribution is 5.03. The predicted molar refractivity (Wildman–Crippen MR) is 62.9 cm³/mol. The monoisotopic (exact) mass is 246 g/mol. The van der Waals surface area contributed by atoms with E-state index in [2.05, 4.69) is 25.6 Å². The highest BCUT2D eigenvalue weighted by atomic mass is 16.5. The Bertz CT molecular complexity index is 493. The van der Waals surface area contributed by atoms with Crippen molar-refractivity contribution < 1.29 is 4.74 Å². The average molecular weight is 246 g/mol. The molecule has 7 nitrogen and oxygen atoms in total. The van der Waals surface area contributed by atoms with Crippen molar-refractivity contribution >= 4 is 0 Å². The van der Waals surface area contributed by atoms with E-state index in [4.69, 9.17) is 4.74 Å². The summed E-state index contributed by atoms with van der Waals surface area (Å²) in [6.45, 7) is 2.35. The van der Waals surface area contributed by atoms with Gasteiger partial charge >= 0.3 is 0 Å². The Morgan fingerprint density at radius 3 is 3.22 bits per heavy atom. The van der Waals surface area contributed by atoms with Crippen LogP contribution in [0.25, 0.3) is 0 Å². The lowest BCUT2D eigenvalue weighted by atomic mass is 10.3. The molecular formula is C11H14N6O. The number of nitrogens with zero attached hydrogens (tertiary/aromatic N) is 5. The van der Waals surface area contributed by atoms with Crippen LogP contribution in [0, 0.1) is 0 Å². The highest BCUT2D eigenvalue weighted by Gasteiger charge is 2.17. The van der Waals surface area contributed by atoms with Crippen molar-refractivity contribution in [2.75, 3.05) is 13.1 Å². The van der Waals surface area contributed by atoms with Crippen molar-refractivity contribution in [1.29, 1.82) is 0 Å². The third kappa shape index (κ3) is 2.45. The first kappa shape index (κ1) is 11.1. The fourth-order valence-electron chi connectivity index (χ4n) is 1.93. The molecule has 0 aliphatic carbocycles. The van der Waals surface area contributed by atoms with Crippen molar-refractivity contribution in [3.63, 3.8) is 0 Å². The molecule has 0 aromatic carbocycles. The van der Waals surface area contributed by atoms with E-state index in [9.17, 15) is 0 Å². The van der Waals surface area contributed by atoms with Gasteiger partial charge in [0.05, 0.1) is 18.4 Å². The maximum absolute atomic E-state index is 5.46. The minimum atomic E-state index is 0.360. The van der Waals surface area contributed by atoms with Crippen LogP contribution >= 0.6 is 0 Å². The highest BCUT2D eigenvalue weighted by Crippen LogP contribution is 2.14. The number of ether oxygens (including phenoxy) is 1. The molecule has 0 saturated carbocycles. The molecule has 1 atom stereocenters. The normalized spacial score (nSPS) is 19.0. The van der Waals surface area contributed by atoms with Gasteiger partial charge in [0.25, 0.3) is 0 Å². The van der Waals surface area contributed by atoms with Gasteiger partial charge < -0.3 is 10.1 Å². The minimum Gasteiger partial charge on any atom is -0.470 e. The summed E-state index contributed by atoms with van der Waals surface area (Å²) in [5, 5.41) is 11.5. The van der Waals surface area contributed by atoms with Crippen LogP contribution in [-0.4, -0.2) is 38.1 Å². The molecule has 3 rings (SSSR count). The van der Waals surface area contributed by atoms with Crippen LogP contribution in [0.2, 0.25) is 0 Å². The second kappa shape index (κ2) is 5.09. The summed E-state index contributed by atoms with van der Waals surface area (Å²) in [5.74, 6) is 0.495. The summed E-state index contributed by atoms with van der Waals surface area (Å²) >= 11 is 0. The molecule has 18 heavy (non-hydrogen) atoms. The molecule has 0 amide bonds. The summed E-state index contributed by atoms with van der Waals surface area (Å²) in [5.41, 5.74) is 0.799. The molecule has 1 saturated heterocycles. The first-order valence-corrected chi connectivity index (χ1v) is 5.92. The molecule has 7 heteroatoms. The van der Waals surface area contributed by atoms with Crippen LogP contribution in [0.4, 0.5) is 0 Å². The van der Waals surface area contributed by atoms with Gasteiger partial charge in [0, 0.05) is 18.9 Å². The van der Waals surface area contributed by atoms with Gasteiger partial charge in [-0.25, -0.2) is 9.67 Å². The van der Waals surface area contributed by atoms with E-state index in [0.29, 0.717) is 18.5 Å². The molecule has 3 heterocycles. The Morgan fingerprint density at radius 2 is 2.44 bits per heavy atom. The minimum absolute atomic E-state index is 0.360. The van der Waals surface area contributed by atoms with E-state index in [1.165, 1.54) is 0 Å². The molecule has 2 aromatic rings. The van der Waals surface area contributed by atoms with Crippen molar-refractivity contribution in [1.82, 2.24) is 30.3 Å². The second-order valence-electron chi connectivity index (χ2n) is 4.17. The molecule has 1 unspecified atom stereocenters. The zero-order valence-electron chi connectivity index (χ0n) is 9.86. The maximum atomic E-state index is 5.46. The Morgan fingerprint density at radius 1 is 1.44 bits per heavy atom. The fraction of sp³-hybridized carbons (Fsp3) is 0.455. The van der Waals surface area contributed by atoms with Crippen LogP contribution in [0.5, 0.6) is 5.88 Å². The first-order valence-electron chi connectivity index (χ1n) is 5.92. The predicted octanol–water partition coefficient (Wildman–Crippen LogP) is 0.181. The van der Waals surface area contributed by atoms with E-state index < -0.39 is 0 Å². The molecule has 0 spiro atoms. The van der Waals surface area contributed by atoms with Crippen molar-refractivity contribution in [3.05, 3.63) is 30.5 Å². The molecule has 1 N–H and O–H groups in total. The first-order chi connectivity index (χ1) is 8.92. The maximum Gasteiger partial charge on any atom is 0.232 e. The van der Waals surface area contributed by atoms with Crippen LogP contribution in [0.3, 0.4) is 0 Å². The molecule has 2 aromatic heterocycles. The average Bonchev–Trinajstić information content (AvgIpc) is 3.08. The van der Waals surface area contributed by atoms with Gasteiger partial charge in [-0.05, 0) is 13.0 Å². The lowest BCUT2D eigenvalue weighted by Gasteiger charge is -2.06. The van der Waals surface area contributed by atoms with Crippen LogP contribution < -0.4 is 10.1 Å². The lowest BCUT2D eigenvalue weighted by Crippen LogP contribution is -2.13. The molecule has 94 valence electrons. The summed E-state index contributed by atoms with van der Waals surface area (Å²) < 4.78 is 7.36. The Hall–Kier alpha value is -2.02. The Labute approximate surface area is 104 Å². The van der Waals surface area contributed by atoms with Gasteiger partial charge in [-0.2, -0.15) is 0 Å². The SMILES string of the molecule is c1cnc(OCc2cn(C3CCNC3)nn2)cn1. The van der Waals surface area contributed by atoms with Crippen LogP contribution in [-0.2, 0) is 6.61 Å². The van der Waals surface area contributed by atoms with E-state index in [-0.39, 0.29) is 0 Å². The number of hydrogen-bond acceptors (Lipinski definition) is 6. The quantitative estimate of drug-likeness (QED) is 0.829. The molecular weight excluding hydrogens is 232 g/mol. The third-order valence-corrected chi connectivity index (χ3v) is 2.87. The number of hydrogen-bond donors (Lipinski definition) is 1. The number of rotatable bonds is 4. The summed E-state index contributed by atoms with van der Waals surface area (Å²) in [6.07, 6.45) is 7.79. The standard InChI is InChI=1S/C11H14N6O/c1-2-12-5-10(1)17-7-9(15-16-17)8-18-11-6-13-3-4-14-11/h3-4,6-7,10,12H,1-2,5,8H2. The Balaban J connectivity index is 1.60. The molecule has 1 fully saturated rings. The topological polar surface area (TPSA) is 77.8 Å². The van der Waals surface area contributed by atoms with Gasteiger partial charge in [0.1, 0.15) is 12.3 Å². The van der Waals surface area contributed by atoms with E-state index in [1.54, 1.807) is 18.6 Å². The van der Waals surface area contributed by atoms with Gasteiger partial charge in [-0.1, -0.05) is 5.21 Å². The molecule has 1 aliphatic heterocycles.